The molecule has 3 aromatic rings. The molecule has 43 heavy (non-hydrogen) atoms. The van der Waals surface area contributed by atoms with E-state index >= 15 is 0 Å². The Morgan fingerprint density at radius 1 is 1.05 bits per heavy atom. The number of nitrogens with zero attached hydrogens (tertiary/aromatic N) is 4. The van der Waals surface area contributed by atoms with Gasteiger partial charge >= 0.3 is 12.3 Å². The van der Waals surface area contributed by atoms with Crippen molar-refractivity contribution in [1.82, 2.24) is 25.1 Å². The first-order valence-electron chi connectivity index (χ1n) is 14.8. The fourth-order valence-electron chi connectivity index (χ4n) is 5.92. The summed E-state index contributed by atoms with van der Waals surface area (Å²) in [6.45, 7) is 4.36. The minimum Gasteiger partial charge on any atom is -0.445 e. The Kier molecular flexibility index (Phi) is 9.64. The molecule has 2 amide bonds. The van der Waals surface area contributed by atoms with Crippen LogP contribution in [0.25, 0.3) is 10.9 Å². The zero-order valence-corrected chi connectivity index (χ0v) is 24.1. The summed E-state index contributed by atoms with van der Waals surface area (Å²) in [5.41, 5.74) is 0.525. The Morgan fingerprint density at radius 3 is 2.49 bits per heavy atom. The SMILES string of the molecule is CCCN(C(=O)OCc1ccccc1)C1CCC(N2CC(NC(=O)CNc3ncnc4ccc(C(F)(F)F)cc34)C2)CC1. The third kappa shape index (κ3) is 7.73. The van der Waals surface area contributed by atoms with Crippen LogP contribution in [0.15, 0.2) is 54.9 Å². The molecule has 2 fully saturated rings. The fraction of sp³-hybridized carbons (Fsp3) is 0.484. The number of halogens is 3. The molecule has 1 aromatic heterocycles. The van der Waals surface area contributed by atoms with E-state index in [1.54, 1.807) is 0 Å². The van der Waals surface area contributed by atoms with Gasteiger partial charge in [0.25, 0.3) is 0 Å². The van der Waals surface area contributed by atoms with Crippen molar-refractivity contribution in [3.8, 4) is 0 Å². The monoisotopic (exact) mass is 598 g/mol. The highest BCUT2D eigenvalue weighted by atomic mass is 19.4. The van der Waals surface area contributed by atoms with Crippen LogP contribution in [-0.4, -0.2) is 76.1 Å². The van der Waals surface area contributed by atoms with Gasteiger partial charge in [0.2, 0.25) is 5.91 Å². The molecule has 1 aliphatic carbocycles. The van der Waals surface area contributed by atoms with Gasteiger partial charge in [-0.1, -0.05) is 37.3 Å². The molecule has 0 unspecified atom stereocenters. The lowest BCUT2D eigenvalue weighted by Crippen LogP contribution is -2.63. The summed E-state index contributed by atoms with van der Waals surface area (Å²) < 4.78 is 45.1. The number of nitrogens with one attached hydrogen (secondary N) is 2. The van der Waals surface area contributed by atoms with Gasteiger partial charge in [-0.05, 0) is 55.9 Å². The van der Waals surface area contributed by atoms with Gasteiger partial charge in [0.05, 0.1) is 23.7 Å². The van der Waals surface area contributed by atoms with E-state index in [4.69, 9.17) is 4.74 Å². The predicted molar refractivity (Wildman–Crippen MR) is 156 cm³/mol. The largest absolute Gasteiger partial charge is 0.445 e. The van der Waals surface area contributed by atoms with Gasteiger partial charge in [0, 0.05) is 37.1 Å². The summed E-state index contributed by atoms with van der Waals surface area (Å²) in [6, 6.07) is 13.5. The molecule has 1 saturated heterocycles. The number of rotatable bonds is 10. The van der Waals surface area contributed by atoms with Crippen LogP contribution in [0.1, 0.15) is 50.2 Å². The highest BCUT2D eigenvalue weighted by Crippen LogP contribution is 2.33. The lowest BCUT2D eigenvalue weighted by atomic mass is 9.87. The highest BCUT2D eigenvalue weighted by molar-refractivity contribution is 5.91. The van der Waals surface area contributed by atoms with E-state index in [0.29, 0.717) is 18.1 Å². The molecule has 1 saturated carbocycles. The zero-order valence-electron chi connectivity index (χ0n) is 24.1. The number of benzene rings is 2. The molecule has 9 nitrogen and oxygen atoms in total. The maximum Gasteiger partial charge on any atom is 0.416 e. The van der Waals surface area contributed by atoms with Gasteiger partial charge in [0.15, 0.2) is 0 Å². The highest BCUT2D eigenvalue weighted by Gasteiger charge is 2.37. The van der Waals surface area contributed by atoms with Gasteiger partial charge in [0.1, 0.15) is 18.8 Å². The summed E-state index contributed by atoms with van der Waals surface area (Å²) >= 11 is 0. The average Bonchev–Trinajstić information content (AvgIpc) is 2.99. The third-order valence-corrected chi connectivity index (χ3v) is 8.18. The summed E-state index contributed by atoms with van der Waals surface area (Å²) in [5.74, 6) is -0.0735. The molecular formula is C31H37F3N6O3. The van der Waals surface area contributed by atoms with E-state index in [1.807, 2.05) is 35.2 Å². The molecule has 2 heterocycles. The van der Waals surface area contributed by atoms with Gasteiger partial charge in [-0.3, -0.25) is 9.69 Å². The lowest BCUT2D eigenvalue weighted by Gasteiger charge is -2.47. The van der Waals surface area contributed by atoms with Crippen molar-refractivity contribution in [1.29, 1.82) is 0 Å². The second-order valence-electron chi connectivity index (χ2n) is 11.2. The molecule has 2 aromatic carbocycles. The van der Waals surface area contributed by atoms with E-state index in [9.17, 15) is 22.8 Å². The molecule has 0 spiro atoms. The maximum absolute atomic E-state index is 13.2. The smallest absolute Gasteiger partial charge is 0.416 e. The summed E-state index contributed by atoms with van der Waals surface area (Å²) in [7, 11) is 0. The van der Waals surface area contributed by atoms with Crippen LogP contribution in [0, 0.1) is 0 Å². The quantitative estimate of drug-likeness (QED) is 0.330. The minimum absolute atomic E-state index is 0.00977. The van der Waals surface area contributed by atoms with Crippen LogP contribution in [-0.2, 0) is 22.3 Å². The van der Waals surface area contributed by atoms with Crippen molar-refractivity contribution in [3.05, 3.63) is 66.0 Å². The number of carbonyl (C=O) groups excluding carboxylic acids is 2. The second kappa shape index (κ2) is 13.6. The van der Waals surface area contributed by atoms with Crippen molar-refractivity contribution in [2.24, 2.45) is 0 Å². The van der Waals surface area contributed by atoms with E-state index in [0.717, 1.165) is 62.9 Å². The molecule has 1 aliphatic heterocycles. The molecule has 0 radical (unpaired) electrons. The number of hydrogen-bond acceptors (Lipinski definition) is 7. The topological polar surface area (TPSA) is 99.7 Å². The molecule has 230 valence electrons. The molecule has 0 bridgehead atoms. The van der Waals surface area contributed by atoms with Crippen LogP contribution in [0.3, 0.4) is 0 Å². The number of likely N-dealkylation sites (tertiary alicyclic amines) is 1. The van der Waals surface area contributed by atoms with Crippen LogP contribution >= 0.6 is 0 Å². The van der Waals surface area contributed by atoms with E-state index in [-0.39, 0.29) is 48.4 Å². The number of hydrogen-bond donors (Lipinski definition) is 2. The number of ether oxygens (including phenoxy) is 1. The number of alkyl halides is 3. The Morgan fingerprint density at radius 2 is 1.79 bits per heavy atom. The first-order chi connectivity index (χ1) is 20.7. The Balaban J connectivity index is 1.05. The van der Waals surface area contributed by atoms with Gasteiger partial charge < -0.3 is 20.3 Å². The van der Waals surface area contributed by atoms with Crippen molar-refractivity contribution in [3.63, 3.8) is 0 Å². The summed E-state index contributed by atoms with van der Waals surface area (Å²) in [5, 5.41) is 6.06. The number of aromatic nitrogens is 2. The normalized spacial score (nSPS) is 19.4. The standard InChI is InChI=1S/C31H37F3N6O3/c1-2-14-40(30(42)43-19-21-6-4-3-5-7-21)25-11-9-24(10-12-25)39-17-23(18-39)38-28(41)16-35-29-26-15-22(31(32,33)34)8-13-27(26)36-20-37-29/h3-8,13,15,20,23-25H,2,9-12,14,16-19H2,1H3,(H,38,41)(H,35,36,37). The molecule has 12 heteroatoms. The average molecular weight is 599 g/mol. The number of anilines is 1. The molecule has 2 aliphatic rings. The van der Waals surface area contributed by atoms with Crippen LogP contribution < -0.4 is 10.6 Å². The number of fused-ring (bicyclic) bond motifs is 1. The number of carbonyl (C=O) groups is 2. The third-order valence-electron chi connectivity index (χ3n) is 8.18. The Hall–Kier alpha value is -3.93. The van der Waals surface area contributed by atoms with Crippen molar-refractivity contribution in [2.75, 3.05) is 31.5 Å². The molecule has 0 atom stereocenters. The van der Waals surface area contributed by atoms with Crippen LogP contribution in [0.5, 0.6) is 0 Å². The van der Waals surface area contributed by atoms with Crippen molar-refractivity contribution in [2.45, 2.75) is 69.9 Å². The lowest BCUT2D eigenvalue weighted by molar-refractivity contribution is -0.137. The molecule has 2 N–H and O–H groups in total. The van der Waals surface area contributed by atoms with Gasteiger partial charge in [-0.2, -0.15) is 13.2 Å². The van der Waals surface area contributed by atoms with E-state index < -0.39 is 11.7 Å². The van der Waals surface area contributed by atoms with Gasteiger partial charge in [-0.15, -0.1) is 0 Å². The molecular weight excluding hydrogens is 561 g/mol. The zero-order chi connectivity index (χ0) is 30.4. The van der Waals surface area contributed by atoms with Crippen LogP contribution in [0.4, 0.5) is 23.8 Å². The maximum atomic E-state index is 13.2. The Labute approximate surface area is 248 Å². The number of amides is 2. The minimum atomic E-state index is -4.49. The van der Waals surface area contributed by atoms with Crippen molar-refractivity contribution >= 4 is 28.7 Å². The first-order valence-corrected chi connectivity index (χ1v) is 14.8. The van der Waals surface area contributed by atoms with E-state index in [2.05, 4.69) is 32.4 Å². The second-order valence-corrected chi connectivity index (χ2v) is 11.2. The summed E-state index contributed by atoms with van der Waals surface area (Å²) in [4.78, 5) is 37.8. The van der Waals surface area contributed by atoms with Crippen molar-refractivity contribution < 1.29 is 27.5 Å². The predicted octanol–water partition coefficient (Wildman–Crippen LogP) is 5.22. The Bertz CT molecular complexity index is 1390. The first kappa shape index (κ1) is 30.5. The summed E-state index contributed by atoms with van der Waals surface area (Å²) in [6.07, 6.45) is 1.13. The van der Waals surface area contributed by atoms with E-state index in [1.165, 1.54) is 12.4 Å². The van der Waals surface area contributed by atoms with Gasteiger partial charge in [-0.25, -0.2) is 14.8 Å². The fourth-order valence-corrected chi connectivity index (χ4v) is 5.92. The van der Waals surface area contributed by atoms with Crippen LogP contribution in [0.2, 0.25) is 0 Å². The molecule has 5 rings (SSSR count).